The molecule has 1 aliphatic carbocycles. The first-order valence-electron chi connectivity index (χ1n) is 4.70. The summed E-state index contributed by atoms with van der Waals surface area (Å²) in [5.41, 5.74) is 6.96. The predicted octanol–water partition coefficient (Wildman–Crippen LogP) is 2.56. The molecule has 13 heavy (non-hydrogen) atoms. The number of halogens is 1. The summed E-state index contributed by atoms with van der Waals surface area (Å²) in [4.78, 5) is 0. The molecule has 2 atom stereocenters. The zero-order valence-corrected chi connectivity index (χ0v) is 8.47. The van der Waals surface area contributed by atoms with Crippen molar-refractivity contribution in [2.45, 2.75) is 25.7 Å². The largest absolute Gasteiger partial charge is 0.449 e. The second-order valence-corrected chi connectivity index (χ2v) is 4.16. The lowest BCUT2D eigenvalue weighted by Gasteiger charge is -2.26. The minimum atomic E-state index is 0.431. The van der Waals surface area contributed by atoms with E-state index in [4.69, 9.17) is 21.8 Å². The zero-order valence-electron chi connectivity index (χ0n) is 7.72. The molecule has 1 aliphatic rings. The van der Waals surface area contributed by atoms with Gasteiger partial charge in [-0.15, -0.1) is 0 Å². The molecule has 2 rings (SSSR count). The Morgan fingerprint density at radius 2 is 2.46 bits per heavy atom. The van der Waals surface area contributed by atoms with Crippen molar-refractivity contribution in [3.63, 3.8) is 0 Å². The predicted molar refractivity (Wildman–Crippen MR) is 53.0 cm³/mol. The molecule has 0 aliphatic heterocycles. The third-order valence-electron chi connectivity index (χ3n) is 2.98. The van der Waals surface area contributed by atoms with Gasteiger partial charge in [0.25, 0.3) is 0 Å². The van der Waals surface area contributed by atoms with Gasteiger partial charge in [-0.1, -0.05) is 6.92 Å². The van der Waals surface area contributed by atoms with E-state index in [9.17, 15) is 0 Å². The fourth-order valence-corrected chi connectivity index (χ4v) is 2.35. The highest BCUT2D eigenvalue weighted by atomic mass is 35.5. The first-order valence-corrected chi connectivity index (χ1v) is 5.08. The second kappa shape index (κ2) is 3.35. The van der Waals surface area contributed by atoms with Crippen LogP contribution < -0.4 is 5.73 Å². The first-order chi connectivity index (χ1) is 6.22. The van der Waals surface area contributed by atoms with Gasteiger partial charge >= 0.3 is 0 Å². The molecule has 2 N–H and O–H groups in total. The van der Waals surface area contributed by atoms with E-state index in [2.05, 4.69) is 6.92 Å². The topological polar surface area (TPSA) is 39.2 Å². The Balaban J connectivity index is 2.38. The lowest BCUT2D eigenvalue weighted by atomic mass is 9.79. The number of nitrogens with two attached hydrogens (primary N) is 1. The maximum atomic E-state index is 5.81. The SMILES string of the molecule is CC1CCc2oc(Cl)cc2C1CN. The van der Waals surface area contributed by atoms with Gasteiger partial charge < -0.3 is 10.2 Å². The molecular weight excluding hydrogens is 186 g/mol. The Hall–Kier alpha value is -0.470. The molecule has 3 heteroatoms. The van der Waals surface area contributed by atoms with Gasteiger partial charge in [0.1, 0.15) is 5.76 Å². The Labute approximate surface area is 83.1 Å². The number of hydrogen-bond acceptors (Lipinski definition) is 2. The summed E-state index contributed by atoms with van der Waals surface area (Å²) in [5.74, 6) is 2.12. The molecule has 0 spiro atoms. The molecule has 0 aromatic carbocycles. The van der Waals surface area contributed by atoms with E-state index in [0.29, 0.717) is 23.6 Å². The van der Waals surface area contributed by atoms with Crippen LogP contribution in [0.5, 0.6) is 0 Å². The van der Waals surface area contributed by atoms with Crippen molar-refractivity contribution in [3.05, 3.63) is 22.6 Å². The molecule has 0 radical (unpaired) electrons. The summed E-state index contributed by atoms with van der Waals surface area (Å²) in [5, 5.41) is 0.498. The summed E-state index contributed by atoms with van der Waals surface area (Å²) in [6, 6.07) is 1.92. The Kier molecular flexibility index (Phi) is 2.35. The third-order valence-corrected chi connectivity index (χ3v) is 3.16. The second-order valence-electron chi connectivity index (χ2n) is 3.79. The van der Waals surface area contributed by atoms with Crippen molar-refractivity contribution in [3.8, 4) is 0 Å². The summed E-state index contributed by atoms with van der Waals surface area (Å²) in [6.07, 6.45) is 2.15. The lowest BCUT2D eigenvalue weighted by Crippen LogP contribution is -2.24. The number of fused-ring (bicyclic) bond motifs is 1. The van der Waals surface area contributed by atoms with Crippen LogP contribution >= 0.6 is 11.6 Å². The van der Waals surface area contributed by atoms with E-state index in [0.717, 1.165) is 18.6 Å². The van der Waals surface area contributed by atoms with Gasteiger partial charge in [-0.3, -0.25) is 0 Å². The molecular formula is C10H14ClNO. The third kappa shape index (κ3) is 1.49. The van der Waals surface area contributed by atoms with Crippen molar-refractivity contribution in [1.82, 2.24) is 0 Å². The molecule has 0 fully saturated rings. The fourth-order valence-electron chi connectivity index (χ4n) is 2.14. The first kappa shape index (κ1) is 9.10. The van der Waals surface area contributed by atoms with E-state index < -0.39 is 0 Å². The van der Waals surface area contributed by atoms with Crippen LogP contribution in [0.1, 0.15) is 30.6 Å². The number of rotatable bonds is 1. The minimum absolute atomic E-state index is 0.431. The molecule has 2 unspecified atom stereocenters. The van der Waals surface area contributed by atoms with Crippen LogP contribution in [0.25, 0.3) is 0 Å². The smallest absolute Gasteiger partial charge is 0.193 e. The van der Waals surface area contributed by atoms with Crippen molar-refractivity contribution < 1.29 is 4.42 Å². The summed E-state index contributed by atoms with van der Waals surface area (Å²) >= 11 is 5.81. The van der Waals surface area contributed by atoms with E-state index in [1.165, 1.54) is 5.56 Å². The highest BCUT2D eigenvalue weighted by Gasteiger charge is 2.28. The van der Waals surface area contributed by atoms with Gasteiger partial charge in [0.05, 0.1) is 0 Å². The molecule has 0 saturated carbocycles. The summed E-state index contributed by atoms with van der Waals surface area (Å²) in [7, 11) is 0. The Morgan fingerprint density at radius 3 is 3.15 bits per heavy atom. The monoisotopic (exact) mass is 199 g/mol. The van der Waals surface area contributed by atoms with E-state index in [1.54, 1.807) is 0 Å². The maximum Gasteiger partial charge on any atom is 0.193 e. The average molecular weight is 200 g/mol. The van der Waals surface area contributed by atoms with E-state index in [-0.39, 0.29) is 0 Å². The van der Waals surface area contributed by atoms with Gasteiger partial charge in [-0.25, -0.2) is 0 Å². The van der Waals surface area contributed by atoms with Gasteiger partial charge in [0.2, 0.25) is 0 Å². The Morgan fingerprint density at radius 1 is 1.69 bits per heavy atom. The molecule has 1 heterocycles. The zero-order chi connectivity index (χ0) is 9.42. The Bertz CT molecular complexity index is 308. The van der Waals surface area contributed by atoms with Gasteiger partial charge in [-0.2, -0.15) is 0 Å². The van der Waals surface area contributed by atoms with Crippen molar-refractivity contribution >= 4 is 11.6 Å². The van der Waals surface area contributed by atoms with Gasteiger partial charge in [-0.05, 0) is 42.1 Å². The van der Waals surface area contributed by atoms with Crippen LogP contribution in [0.2, 0.25) is 5.22 Å². The number of hydrogen-bond donors (Lipinski definition) is 1. The van der Waals surface area contributed by atoms with Gasteiger partial charge in [0.15, 0.2) is 5.22 Å². The molecule has 0 bridgehead atoms. The van der Waals surface area contributed by atoms with Crippen LogP contribution in [0.3, 0.4) is 0 Å². The lowest BCUT2D eigenvalue weighted by molar-refractivity contribution is 0.370. The summed E-state index contributed by atoms with van der Waals surface area (Å²) in [6.45, 7) is 2.92. The molecule has 0 saturated heterocycles. The van der Waals surface area contributed by atoms with E-state index >= 15 is 0 Å². The van der Waals surface area contributed by atoms with Crippen LogP contribution in [0, 0.1) is 5.92 Å². The molecule has 0 amide bonds. The van der Waals surface area contributed by atoms with Crippen molar-refractivity contribution in [2.24, 2.45) is 11.7 Å². The number of aryl methyl sites for hydroxylation is 1. The van der Waals surface area contributed by atoms with E-state index in [1.807, 2.05) is 6.07 Å². The fraction of sp³-hybridized carbons (Fsp3) is 0.600. The highest BCUT2D eigenvalue weighted by molar-refractivity contribution is 6.28. The van der Waals surface area contributed by atoms with Crippen molar-refractivity contribution in [2.75, 3.05) is 6.54 Å². The average Bonchev–Trinajstić information content (AvgIpc) is 2.45. The quantitative estimate of drug-likeness (QED) is 0.755. The molecule has 2 nitrogen and oxygen atoms in total. The van der Waals surface area contributed by atoms with Crippen LogP contribution in [0.4, 0.5) is 0 Å². The normalized spacial score (nSPS) is 27.3. The van der Waals surface area contributed by atoms with Crippen molar-refractivity contribution in [1.29, 1.82) is 0 Å². The van der Waals surface area contributed by atoms with Crippen LogP contribution in [-0.4, -0.2) is 6.54 Å². The highest BCUT2D eigenvalue weighted by Crippen LogP contribution is 2.38. The summed E-state index contributed by atoms with van der Waals surface area (Å²) < 4.78 is 5.40. The van der Waals surface area contributed by atoms with Crippen LogP contribution in [-0.2, 0) is 6.42 Å². The van der Waals surface area contributed by atoms with Gasteiger partial charge in [0, 0.05) is 12.3 Å². The minimum Gasteiger partial charge on any atom is -0.449 e. The standard InChI is InChI=1S/C10H14ClNO/c1-6-2-3-9-7(8(6)5-12)4-10(11)13-9/h4,6,8H,2-3,5,12H2,1H3. The number of furan rings is 1. The van der Waals surface area contributed by atoms with Crippen LogP contribution in [0.15, 0.2) is 10.5 Å². The molecule has 72 valence electrons. The maximum absolute atomic E-state index is 5.81. The molecule has 1 aromatic rings. The molecule has 1 aromatic heterocycles.